The summed E-state index contributed by atoms with van der Waals surface area (Å²) in [5, 5.41) is 2.90. The number of hydrogen-bond acceptors (Lipinski definition) is 4. The second-order valence-corrected chi connectivity index (χ2v) is 11.0. The van der Waals surface area contributed by atoms with E-state index in [2.05, 4.69) is 38.2 Å². The van der Waals surface area contributed by atoms with Crippen LogP contribution in [0.1, 0.15) is 58.7 Å². The van der Waals surface area contributed by atoms with Crippen molar-refractivity contribution in [1.29, 1.82) is 0 Å². The Balaban J connectivity index is 2.15. The van der Waals surface area contributed by atoms with E-state index < -0.39 is 10.0 Å². The summed E-state index contributed by atoms with van der Waals surface area (Å²) in [4.78, 5) is 12.7. The number of ether oxygens (including phenoxy) is 1. The molecule has 0 bridgehead atoms. The van der Waals surface area contributed by atoms with E-state index in [0.717, 1.165) is 16.1 Å². The number of nitrogens with zero attached hydrogens (tertiary/aromatic N) is 1. The fourth-order valence-electron chi connectivity index (χ4n) is 3.16. The largest absolute Gasteiger partial charge is 0.491 e. The Hall–Kier alpha value is -2.54. The van der Waals surface area contributed by atoms with Crippen molar-refractivity contribution in [3.63, 3.8) is 0 Å². The molecule has 0 aliphatic heterocycles. The number of rotatable bonds is 8. The van der Waals surface area contributed by atoms with Crippen LogP contribution in [0.4, 0.5) is 5.69 Å². The highest BCUT2D eigenvalue weighted by molar-refractivity contribution is 7.92. The van der Waals surface area contributed by atoms with Gasteiger partial charge >= 0.3 is 0 Å². The van der Waals surface area contributed by atoms with Crippen molar-refractivity contribution in [1.82, 2.24) is 5.32 Å². The van der Waals surface area contributed by atoms with Crippen LogP contribution in [-0.2, 0) is 20.2 Å². The molecule has 0 spiro atoms. The summed E-state index contributed by atoms with van der Waals surface area (Å²) in [6.45, 7) is 11.8. The topological polar surface area (TPSA) is 75.7 Å². The quantitative estimate of drug-likeness (QED) is 0.651. The number of nitrogens with one attached hydrogen (secondary N) is 1. The van der Waals surface area contributed by atoms with Crippen LogP contribution in [0, 0.1) is 0 Å². The van der Waals surface area contributed by atoms with Crippen molar-refractivity contribution in [3.8, 4) is 5.75 Å². The predicted molar refractivity (Wildman–Crippen MR) is 126 cm³/mol. The zero-order valence-corrected chi connectivity index (χ0v) is 20.3. The molecule has 2 aromatic rings. The minimum absolute atomic E-state index is 0.0456. The Morgan fingerprint density at radius 1 is 1.06 bits per heavy atom. The van der Waals surface area contributed by atoms with Gasteiger partial charge in [0.2, 0.25) is 15.9 Å². The zero-order chi connectivity index (χ0) is 23.4. The van der Waals surface area contributed by atoms with Gasteiger partial charge in [0.25, 0.3) is 0 Å². The lowest BCUT2D eigenvalue weighted by atomic mass is 9.86. The van der Waals surface area contributed by atoms with Crippen molar-refractivity contribution in [3.05, 3.63) is 59.7 Å². The molecule has 6 nitrogen and oxygen atoms in total. The highest BCUT2D eigenvalue weighted by atomic mass is 32.2. The summed E-state index contributed by atoms with van der Waals surface area (Å²) in [5.74, 6) is 0.168. The second-order valence-electron chi connectivity index (χ2n) is 9.09. The zero-order valence-electron chi connectivity index (χ0n) is 19.5. The van der Waals surface area contributed by atoms with Crippen molar-refractivity contribution in [2.75, 3.05) is 17.1 Å². The van der Waals surface area contributed by atoms with E-state index in [1.807, 2.05) is 32.9 Å². The van der Waals surface area contributed by atoms with Crippen LogP contribution in [0.3, 0.4) is 0 Å². The average molecular weight is 447 g/mol. The molecule has 0 fully saturated rings. The van der Waals surface area contributed by atoms with E-state index in [1.54, 1.807) is 24.3 Å². The van der Waals surface area contributed by atoms with Crippen molar-refractivity contribution < 1.29 is 17.9 Å². The third-order valence-electron chi connectivity index (χ3n) is 4.82. The Labute approximate surface area is 186 Å². The molecule has 0 aliphatic carbocycles. The molecule has 1 N–H and O–H groups in total. The minimum atomic E-state index is -3.66. The summed E-state index contributed by atoms with van der Waals surface area (Å²) in [5.41, 5.74) is 2.61. The lowest BCUT2D eigenvalue weighted by molar-refractivity contribution is -0.120. The maximum atomic E-state index is 12.7. The van der Waals surface area contributed by atoms with Gasteiger partial charge in [0, 0.05) is 6.07 Å². The molecule has 0 aromatic heterocycles. The molecule has 0 heterocycles. The first kappa shape index (κ1) is 24.7. The maximum Gasteiger partial charge on any atom is 0.241 e. The number of benzene rings is 2. The van der Waals surface area contributed by atoms with E-state index in [4.69, 9.17) is 4.74 Å². The number of sulfonamides is 1. The summed E-state index contributed by atoms with van der Waals surface area (Å²) in [6.07, 6.45) is 1.04. The van der Waals surface area contributed by atoms with E-state index >= 15 is 0 Å². The number of hydrogen-bond donors (Lipinski definition) is 1. The van der Waals surface area contributed by atoms with Gasteiger partial charge in [-0.3, -0.25) is 9.10 Å². The first-order valence-electron chi connectivity index (χ1n) is 10.4. The fraction of sp³-hybridized carbons (Fsp3) is 0.458. The fourth-order valence-corrected chi connectivity index (χ4v) is 4.01. The van der Waals surface area contributed by atoms with Gasteiger partial charge in [-0.05, 0) is 49.4 Å². The van der Waals surface area contributed by atoms with Crippen molar-refractivity contribution >= 4 is 21.6 Å². The van der Waals surface area contributed by atoms with Gasteiger partial charge < -0.3 is 10.1 Å². The molecule has 0 aliphatic rings. The highest BCUT2D eigenvalue weighted by Crippen LogP contribution is 2.25. The summed E-state index contributed by atoms with van der Waals surface area (Å²) < 4.78 is 31.5. The first-order valence-corrected chi connectivity index (χ1v) is 12.3. The van der Waals surface area contributed by atoms with E-state index in [9.17, 15) is 13.2 Å². The van der Waals surface area contributed by atoms with Crippen LogP contribution in [0.5, 0.6) is 5.75 Å². The smallest absolute Gasteiger partial charge is 0.241 e. The second kappa shape index (κ2) is 9.73. The molecule has 1 unspecified atom stereocenters. The molecular weight excluding hydrogens is 412 g/mol. The van der Waals surface area contributed by atoms with E-state index in [0.29, 0.717) is 11.4 Å². The van der Waals surface area contributed by atoms with Crippen LogP contribution in [-0.4, -0.2) is 33.2 Å². The normalized spacial score (nSPS) is 13.0. The van der Waals surface area contributed by atoms with Gasteiger partial charge in [-0.25, -0.2) is 8.42 Å². The Morgan fingerprint density at radius 2 is 1.68 bits per heavy atom. The number of amides is 1. The van der Waals surface area contributed by atoms with Gasteiger partial charge in [-0.15, -0.1) is 0 Å². The average Bonchev–Trinajstić information content (AvgIpc) is 2.64. The lowest BCUT2D eigenvalue weighted by Crippen LogP contribution is -2.41. The van der Waals surface area contributed by atoms with Gasteiger partial charge in [0.1, 0.15) is 12.3 Å². The van der Waals surface area contributed by atoms with Crippen LogP contribution >= 0.6 is 0 Å². The van der Waals surface area contributed by atoms with Gasteiger partial charge in [-0.1, -0.05) is 51.1 Å². The van der Waals surface area contributed by atoms with Crippen molar-refractivity contribution in [2.24, 2.45) is 0 Å². The molecule has 1 atom stereocenters. The third-order valence-corrected chi connectivity index (χ3v) is 5.96. The number of carbonyl (C=O) groups is 1. The molecular formula is C24H34N2O4S. The molecule has 0 radical (unpaired) electrons. The maximum absolute atomic E-state index is 12.7. The number of carbonyl (C=O) groups excluding carboxylic acids is 1. The Kier molecular flexibility index (Phi) is 7.76. The van der Waals surface area contributed by atoms with Gasteiger partial charge in [0.15, 0.2) is 0 Å². The first-order chi connectivity index (χ1) is 14.3. The molecule has 0 saturated heterocycles. The molecule has 2 aromatic carbocycles. The molecule has 7 heteroatoms. The van der Waals surface area contributed by atoms with Crippen molar-refractivity contribution in [2.45, 2.75) is 59.1 Å². The SMILES string of the molecule is CC(C)Oc1cccc(N(CC(=O)NC(C)c2ccc(C(C)(C)C)cc2)S(C)(=O)=O)c1. The monoisotopic (exact) mass is 446 g/mol. The third kappa shape index (κ3) is 7.28. The molecule has 170 valence electrons. The summed E-state index contributed by atoms with van der Waals surface area (Å²) in [7, 11) is -3.66. The molecule has 2 rings (SSSR count). The minimum Gasteiger partial charge on any atom is -0.491 e. The van der Waals surface area contributed by atoms with Gasteiger partial charge in [0.05, 0.1) is 24.1 Å². The summed E-state index contributed by atoms with van der Waals surface area (Å²) >= 11 is 0. The molecule has 1 amide bonds. The standard InChI is InChI=1S/C24H34N2O4S/c1-17(2)30-22-10-8-9-21(15-22)26(31(7,28)29)16-23(27)25-18(3)19-11-13-20(14-12-19)24(4,5)6/h8-15,17-18H,16H2,1-7H3,(H,25,27). The Morgan fingerprint density at radius 3 is 2.19 bits per heavy atom. The van der Waals surface area contributed by atoms with Crippen LogP contribution in [0.25, 0.3) is 0 Å². The van der Waals surface area contributed by atoms with Crippen LogP contribution in [0.15, 0.2) is 48.5 Å². The van der Waals surface area contributed by atoms with Crippen LogP contribution < -0.4 is 14.4 Å². The van der Waals surface area contributed by atoms with Crippen LogP contribution in [0.2, 0.25) is 0 Å². The van der Waals surface area contributed by atoms with E-state index in [1.165, 1.54) is 5.56 Å². The lowest BCUT2D eigenvalue weighted by Gasteiger charge is -2.24. The number of anilines is 1. The highest BCUT2D eigenvalue weighted by Gasteiger charge is 2.23. The van der Waals surface area contributed by atoms with Gasteiger partial charge in [-0.2, -0.15) is 0 Å². The van der Waals surface area contributed by atoms with E-state index in [-0.39, 0.29) is 30.0 Å². The Bertz CT molecular complexity index is 993. The molecule has 31 heavy (non-hydrogen) atoms. The molecule has 0 saturated carbocycles. The predicted octanol–water partition coefficient (Wildman–Crippen LogP) is 4.41. The summed E-state index contributed by atoms with van der Waals surface area (Å²) in [6, 6.07) is 14.6.